The van der Waals surface area contributed by atoms with E-state index >= 15 is 0 Å². The fourth-order valence-electron chi connectivity index (χ4n) is 2.61. The number of amides is 1. The van der Waals surface area contributed by atoms with Crippen molar-refractivity contribution in [1.29, 1.82) is 0 Å². The van der Waals surface area contributed by atoms with Crippen molar-refractivity contribution in [3.8, 4) is 5.75 Å². The minimum atomic E-state index is 0.0149. The fraction of sp³-hybridized carbons (Fsp3) is 0.263. The molecule has 0 aliphatic carbocycles. The molecule has 0 aliphatic heterocycles. The van der Waals surface area contributed by atoms with Gasteiger partial charge in [0, 0.05) is 29.8 Å². The van der Waals surface area contributed by atoms with Crippen molar-refractivity contribution in [2.45, 2.75) is 19.8 Å². The highest BCUT2D eigenvalue weighted by Crippen LogP contribution is 2.19. The van der Waals surface area contributed by atoms with Crippen LogP contribution in [-0.2, 0) is 17.6 Å². The van der Waals surface area contributed by atoms with Gasteiger partial charge in [-0.05, 0) is 36.8 Å². The van der Waals surface area contributed by atoms with E-state index in [0.29, 0.717) is 26.0 Å². The maximum absolute atomic E-state index is 12.0. The van der Waals surface area contributed by atoms with E-state index in [1.165, 1.54) is 0 Å². The molecule has 25 heavy (non-hydrogen) atoms. The maximum atomic E-state index is 12.0. The van der Waals surface area contributed by atoms with Crippen LogP contribution in [0.5, 0.6) is 5.75 Å². The molecule has 6 heteroatoms. The van der Waals surface area contributed by atoms with Gasteiger partial charge < -0.3 is 14.5 Å². The van der Waals surface area contributed by atoms with Crippen LogP contribution >= 0.6 is 15.9 Å². The van der Waals surface area contributed by atoms with Gasteiger partial charge in [0.1, 0.15) is 0 Å². The molecule has 1 amide bonds. The van der Waals surface area contributed by atoms with Crippen LogP contribution in [0.2, 0.25) is 0 Å². The number of carbonyl (C=O) groups excluding carboxylic acids is 1. The summed E-state index contributed by atoms with van der Waals surface area (Å²) in [6.07, 6.45) is 4.98. The van der Waals surface area contributed by atoms with Gasteiger partial charge in [-0.15, -0.1) is 0 Å². The van der Waals surface area contributed by atoms with Crippen LogP contribution in [0, 0.1) is 0 Å². The zero-order chi connectivity index (χ0) is 17.6. The van der Waals surface area contributed by atoms with E-state index < -0.39 is 0 Å². The molecule has 130 valence electrons. The van der Waals surface area contributed by atoms with Gasteiger partial charge in [-0.3, -0.25) is 4.79 Å². The molecule has 0 saturated carbocycles. The number of hydrogen-bond donors (Lipinski definition) is 1. The number of nitrogens with one attached hydrogen (secondary N) is 1. The number of halogens is 1. The fourth-order valence-corrected chi connectivity index (χ4v) is 2.87. The quantitative estimate of drug-likeness (QED) is 0.659. The molecule has 1 N–H and O–H groups in total. The van der Waals surface area contributed by atoms with E-state index in [4.69, 9.17) is 4.74 Å². The molecule has 0 radical (unpaired) electrons. The average Bonchev–Trinajstić information content (AvgIpc) is 3.01. The third kappa shape index (κ3) is 4.60. The first kappa shape index (κ1) is 17.5. The smallest absolute Gasteiger partial charge is 0.224 e. The summed E-state index contributed by atoms with van der Waals surface area (Å²) in [6, 6.07) is 11.6. The van der Waals surface area contributed by atoms with Crippen LogP contribution < -0.4 is 10.1 Å². The van der Waals surface area contributed by atoms with Gasteiger partial charge in [-0.1, -0.05) is 28.1 Å². The normalized spacial score (nSPS) is 10.8. The van der Waals surface area contributed by atoms with Gasteiger partial charge in [0.15, 0.2) is 11.4 Å². The SMILES string of the molecule is CCOc1cccn2cc(CCNC(=O)Cc3ccc(Br)cc3)nc12. The zero-order valence-electron chi connectivity index (χ0n) is 14.0. The van der Waals surface area contributed by atoms with Gasteiger partial charge in [0.2, 0.25) is 5.91 Å². The molecular formula is C19H20BrN3O2. The van der Waals surface area contributed by atoms with Crippen molar-refractivity contribution in [1.82, 2.24) is 14.7 Å². The summed E-state index contributed by atoms with van der Waals surface area (Å²) in [6.45, 7) is 3.12. The third-order valence-corrected chi connectivity index (χ3v) is 4.31. The minimum absolute atomic E-state index is 0.0149. The Morgan fingerprint density at radius 1 is 1.28 bits per heavy atom. The Morgan fingerprint density at radius 3 is 2.84 bits per heavy atom. The molecule has 3 aromatic rings. The van der Waals surface area contributed by atoms with E-state index in [0.717, 1.165) is 27.1 Å². The molecule has 5 nitrogen and oxygen atoms in total. The second-order valence-corrected chi connectivity index (χ2v) is 6.59. The van der Waals surface area contributed by atoms with Crippen molar-refractivity contribution < 1.29 is 9.53 Å². The number of pyridine rings is 1. The predicted octanol–water partition coefficient (Wildman–Crippen LogP) is 3.40. The molecule has 2 aromatic heterocycles. The molecule has 2 heterocycles. The Kier molecular flexibility index (Phi) is 5.71. The van der Waals surface area contributed by atoms with E-state index in [9.17, 15) is 4.79 Å². The number of nitrogens with zero attached hydrogens (tertiary/aromatic N) is 2. The molecule has 0 aliphatic rings. The van der Waals surface area contributed by atoms with Gasteiger partial charge >= 0.3 is 0 Å². The lowest BCUT2D eigenvalue weighted by Crippen LogP contribution is -2.27. The molecule has 0 saturated heterocycles. The summed E-state index contributed by atoms with van der Waals surface area (Å²) < 4.78 is 8.55. The van der Waals surface area contributed by atoms with Gasteiger partial charge in [0.05, 0.1) is 18.7 Å². The van der Waals surface area contributed by atoms with E-state index in [1.54, 1.807) is 0 Å². The van der Waals surface area contributed by atoms with Crippen LogP contribution in [-0.4, -0.2) is 28.4 Å². The van der Waals surface area contributed by atoms with Crippen molar-refractivity contribution >= 4 is 27.5 Å². The van der Waals surface area contributed by atoms with E-state index in [-0.39, 0.29) is 5.91 Å². The lowest BCUT2D eigenvalue weighted by molar-refractivity contribution is -0.120. The number of fused-ring (bicyclic) bond motifs is 1. The first-order chi connectivity index (χ1) is 12.2. The number of aromatic nitrogens is 2. The lowest BCUT2D eigenvalue weighted by atomic mass is 10.1. The minimum Gasteiger partial charge on any atom is -0.490 e. The molecule has 0 bridgehead atoms. The Balaban J connectivity index is 1.55. The summed E-state index contributed by atoms with van der Waals surface area (Å²) in [4.78, 5) is 16.6. The van der Waals surface area contributed by atoms with Crippen molar-refractivity contribution in [3.63, 3.8) is 0 Å². The van der Waals surface area contributed by atoms with Gasteiger partial charge in [-0.25, -0.2) is 4.98 Å². The van der Waals surface area contributed by atoms with Crippen LogP contribution in [0.1, 0.15) is 18.2 Å². The summed E-state index contributed by atoms with van der Waals surface area (Å²) in [5, 5.41) is 2.95. The van der Waals surface area contributed by atoms with Crippen molar-refractivity contribution in [3.05, 3.63) is 64.5 Å². The van der Waals surface area contributed by atoms with Gasteiger partial charge in [0.25, 0.3) is 0 Å². The monoisotopic (exact) mass is 401 g/mol. The Morgan fingerprint density at radius 2 is 2.08 bits per heavy atom. The molecule has 0 spiro atoms. The summed E-state index contributed by atoms with van der Waals surface area (Å²) in [7, 11) is 0. The summed E-state index contributed by atoms with van der Waals surface area (Å²) in [5.74, 6) is 0.789. The summed E-state index contributed by atoms with van der Waals surface area (Å²) >= 11 is 3.39. The van der Waals surface area contributed by atoms with E-state index in [2.05, 4.69) is 26.2 Å². The maximum Gasteiger partial charge on any atom is 0.224 e. The van der Waals surface area contributed by atoms with E-state index in [1.807, 2.05) is 60.1 Å². The number of hydrogen-bond acceptors (Lipinski definition) is 3. The Bertz CT molecular complexity index is 859. The Hall–Kier alpha value is -2.34. The molecule has 3 rings (SSSR count). The molecule has 1 aromatic carbocycles. The number of benzene rings is 1. The topological polar surface area (TPSA) is 55.6 Å². The first-order valence-corrected chi connectivity index (χ1v) is 9.05. The number of rotatable bonds is 7. The molecule has 0 unspecified atom stereocenters. The molecule has 0 atom stereocenters. The molecular weight excluding hydrogens is 382 g/mol. The zero-order valence-corrected chi connectivity index (χ0v) is 15.6. The van der Waals surface area contributed by atoms with Crippen LogP contribution in [0.3, 0.4) is 0 Å². The second-order valence-electron chi connectivity index (χ2n) is 5.67. The summed E-state index contributed by atoms with van der Waals surface area (Å²) in [5.41, 5.74) is 2.73. The predicted molar refractivity (Wildman–Crippen MR) is 101 cm³/mol. The highest BCUT2D eigenvalue weighted by atomic mass is 79.9. The number of ether oxygens (including phenoxy) is 1. The lowest BCUT2D eigenvalue weighted by Gasteiger charge is -2.04. The first-order valence-electron chi connectivity index (χ1n) is 8.26. The molecule has 0 fully saturated rings. The Labute approximate surface area is 155 Å². The largest absolute Gasteiger partial charge is 0.490 e. The van der Waals surface area contributed by atoms with Crippen molar-refractivity contribution in [2.24, 2.45) is 0 Å². The standard InChI is InChI=1S/C19H20BrN3O2/c1-2-25-17-4-3-11-23-13-16(22-19(17)23)9-10-21-18(24)12-14-5-7-15(20)8-6-14/h3-8,11,13H,2,9-10,12H2,1H3,(H,21,24). The highest BCUT2D eigenvalue weighted by molar-refractivity contribution is 9.10. The van der Waals surface area contributed by atoms with Gasteiger partial charge in [-0.2, -0.15) is 0 Å². The van der Waals surface area contributed by atoms with Crippen LogP contribution in [0.15, 0.2) is 53.3 Å². The second kappa shape index (κ2) is 8.16. The highest BCUT2D eigenvalue weighted by Gasteiger charge is 2.08. The average molecular weight is 402 g/mol. The number of imidazole rings is 1. The third-order valence-electron chi connectivity index (χ3n) is 3.78. The number of carbonyl (C=O) groups is 1. The van der Waals surface area contributed by atoms with Crippen molar-refractivity contribution in [2.75, 3.05) is 13.2 Å². The van der Waals surface area contributed by atoms with Crippen LogP contribution in [0.4, 0.5) is 0 Å². The van der Waals surface area contributed by atoms with Crippen LogP contribution in [0.25, 0.3) is 5.65 Å².